The third-order valence-electron chi connectivity index (χ3n) is 3.68. The van der Waals surface area contributed by atoms with Gasteiger partial charge in [-0.25, -0.2) is 0 Å². The van der Waals surface area contributed by atoms with Crippen molar-refractivity contribution in [2.24, 2.45) is 5.73 Å². The number of benzene rings is 1. The molecule has 1 aliphatic heterocycles. The number of hydrogen-bond donors (Lipinski definition) is 1. The van der Waals surface area contributed by atoms with Gasteiger partial charge in [0.2, 0.25) is 0 Å². The zero-order chi connectivity index (χ0) is 13.5. The van der Waals surface area contributed by atoms with Gasteiger partial charge < -0.3 is 15.2 Å². The molecule has 1 saturated heterocycles. The van der Waals surface area contributed by atoms with Crippen LogP contribution >= 0.6 is 0 Å². The highest BCUT2D eigenvalue weighted by molar-refractivity contribution is 5.28. The molecule has 0 spiro atoms. The van der Waals surface area contributed by atoms with Crippen molar-refractivity contribution in [3.05, 3.63) is 29.8 Å². The topological polar surface area (TPSA) is 47.7 Å². The maximum absolute atomic E-state index is 5.78. The van der Waals surface area contributed by atoms with Gasteiger partial charge in [-0.2, -0.15) is 0 Å². The molecular formula is C15H24N2O2. The van der Waals surface area contributed by atoms with Crippen molar-refractivity contribution < 1.29 is 9.47 Å². The molecule has 2 rings (SSSR count). The van der Waals surface area contributed by atoms with Crippen LogP contribution in [0.3, 0.4) is 0 Å². The quantitative estimate of drug-likeness (QED) is 0.848. The van der Waals surface area contributed by atoms with E-state index in [2.05, 4.69) is 4.90 Å². The van der Waals surface area contributed by atoms with Crippen LogP contribution in [0, 0.1) is 0 Å². The first-order chi connectivity index (χ1) is 9.31. The van der Waals surface area contributed by atoms with Crippen molar-refractivity contribution in [1.29, 1.82) is 0 Å². The van der Waals surface area contributed by atoms with Crippen molar-refractivity contribution in [2.75, 3.05) is 33.4 Å². The number of piperidine rings is 1. The number of likely N-dealkylation sites (tertiary alicyclic amines) is 1. The minimum atomic E-state index is 0.443. The fourth-order valence-electron chi connectivity index (χ4n) is 2.42. The Hall–Kier alpha value is -1.10. The largest absolute Gasteiger partial charge is 0.492 e. The predicted octanol–water partition coefficient (Wildman–Crippen LogP) is 1.63. The summed E-state index contributed by atoms with van der Waals surface area (Å²) >= 11 is 0. The van der Waals surface area contributed by atoms with E-state index in [9.17, 15) is 0 Å². The second kappa shape index (κ2) is 7.48. The van der Waals surface area contributed by atoms with Crippen LogP contribution < -0.4 is 10.5 Å². The SMILES string of the molecule is COC1CCN(CCOc2cccc(CN)c2)CC1. The zero-order valence-electron chi connectivity index (χ0n) is 11.7. The summed E-state index contributed by atoms with van der Waals surface area (Å²) < 4.78 is 11.1. The summed E-state index contributed by atoms with van der Waals surface area (Å²) in [6, 6.07) is 8.00. The van der Waals surface area contributed by atoms with Gasteiger partial charge in [-0.3, -0.25) is 4.90 Å². The molecular weight excluding hydrogens is 240 g/mol. The van der Waals surface area contributed by atoms with E-state index in [1.54, 1.807) is 7.11 Å². The highest BCUT2D eigenvalue weighted by Crippen LogP contribution is 2.14. The average molecular weight is 264 g/mol. The van der Waals surface area contributed by atoms with Crippen molar-refractivity contribution in [2.45, 2.75) is 25.5 Å². The van der Waals surface area contributed by atoms with Crippen molar-refractivity contribution in [3.63, 3.8) is 0 Å². The number of methoxy groups -OCH3 is 1. The van der Waals surface area contributed by atoms with Crippen LogP contribution in [0.2, 0.25) is 0 Å². The van der Waals surface area contributed by atoms with E-state index in [4.69, 9.17) is 15.2 Å². The van der Waals surface area contributed by atoms with Gasteiger partial charge in [0.05, 0.1) is 6.10 Å². The lowest BCUT2D eigenvalue weighted by atomic mass is 10.1. The Morgan fingerprint density at radius 1 is 1.32 bits per heavy atom. The lowest BCUT2D eigenvalue weighted by Crippen LogP contribution is -2.38. The Kier molecular flexibility index (Phi) is 5.63. The summed E-state index contributed by atoms with van der Waals surface area (Å²) in [6.45, 7) is 4.46. The fraction of sp³-hybridized carbons (Fsp3) is 0.600. The number of nitrogens with zero attached hydrogens (tertiary/aromatic N) is 1. The summed E-state index contributed by atoms with van der Waals surface area (Å²) in [5, 5.41) is 0. The minimum Gasteiger partial charge on any atom is -0.492 e. The first kappa shape index (κ1) is 14.3. The number of ether oxygens (including phenoxy) is 2. The van der Waals surface area contributed by atoms with Gasteiger partial charge in [0.25, 0.3) is 0 Å². The molecule has 2 N–H and O–H groups in total. The molecule has 0 bridgehead atoms. The monoisotopic (exact) mass is 264 g/mol. The van der Waals surface area contributed by atoms with Crippen molar-refractivity contribution in [1.82, 2.24) is 4.90 Å². The lowest BCUT2D eigenvalue weighted by molar-refractivity contribution is 0.0375. The molecule has 0 aromatic heterocycles. The Balaban J connectivity index is 1.69. The number of rotatable bonds is 6. The van der Waals surface area contributed by atoms with Crippen LogP contribution in [0.25, 0.3) is 0 Å². The Morgan fingerprint density at radius 3 is 2.79 bits per heavy atom. The van der Waals surface area contributed by atoms with Gasteiger partial charge in [-0.15, -0.1) is 0 Å². The summed E-state index contributed by atoms with van der Waals surface area (Å²) in [7, 11) is 1.80. The molecule has 0 atom stereocenters. The molecule has 1 fully saturated rings. The van der Waals surface area contributed by atoms with Gasteiger partial charge in [0.15, 0.2) is 0 Å². The van der Waals surface area contributed by atoms with Crippen molar-refractivity contribution in [3.8, 4) is 5.75 Å². The van der Waals surface area contributed by atoms with Gasteiger partial charge >= 0.3 is 0 Å². The second-order valence-electron chi connectivity index (χ2n) is 4.98. The van der Waals surface area contributed by atoms with Gasteiger partial charge in [-0.05, 0) is 30.5 Å². The molecule has 0 amide bonds. The molecule has 0 saturated carbocycles. The van der Waals surface area contributed by atoms with Gasteiger partial charge in [0, 0.05) is 33.3 Å². The number of hydrogen-bond acceptors (Lipinski definition) is 4. The van der Waals surface area contributed by atoms with Crippen LogP contribution in [0.15, 0.2) is 24.3 Å². The molecule has 1 aliphatic rings. The first-order valence-electron chi connectivity index (χ1n) is 6.99. The predicted molar refractivity (Wildman–Crippen MR) is 76.3 cm³/mol. The molecule has 1 heterocycles. The van der Waals surface area contributed by atoms with E-state index >= 15 is 0 Å². The molecule has 0 unspecified atom stereocenters. The maximum atomic E-state index is 5.78. The molecule has 0 aliphatic carbocycles. The molecule has 1 aromatic rings. The standard InChI is InChI=1S/C15H24N2O2/c1-18-14-5-7-17(8-6-14)9-10-19-15-4-2-3-13(11-15)12-16/h2-4,11,14H,5-10,12,16H2,1H3. The first-order valence-corrected chi connectivity index (χ1v) is 6.99. The second-order valence-corrected chi connectivity index (χ2v) is 4.98. The van der Waals surface area contributed by atoms with E-state index in [0.717, 1.165) is 50.4 Å². The third-order valence-corrected chi connectivity index (χ3v) is 3.68. The zero-order valence-corrected chi connectivity index (χ0v) is 11.7. The Bertz CT molecular complexity index is 376. The minimum absolute atomic E-state index is 0.443. The van der Waals surface area contributed by atoms with E-state index in [1.165, 1.54) is 0 Å². The summed E-state index contributed by atoms with van der Waals surface area (Å²) in [4.78, 5) is 2.43. The Labute approximate surface area is 115 Å². The van der Waals surface area contributed by atoms with E-state index in [0.29, 0.717) is 12.6 Å². The molecule has 1 aromatic carbocycles. The summed E-state index contributed by atoms with van der Waals surface area (Å²) in [5.74, 6) is 0.912. The van der Waals surface area contributed by atoms with Crippen LogP contribution in [-0.4, -0.2) is 44.4 Å². The van der Waals surface area contributed by atoms with Gasteiger partial charge in [-0.1, -0.05) is 12.1 Å². The third kappa shape index (κ3) is 4.49. The Morgan fingerprint density at radius 2 is 2.11 bits per heavy atom. The van der Waals surface area contributed by atoms with E-state index < -0.39 is 0 Å². The van der Waals surface area contributed by atoms with Crippen LogP contribution in [0.1, 0.15) is 18.4 Å². The number of nitrogens with two attached hydrogens (primary N) is 1. The molecule has 4 heteroatoms. The van der Waals surface area contributed by atoms with Crippen LogP contribution in [-0.2, 0) is 11.3 Å². The van der Waals surface area contributed by atoms with E-state index in [-0.39, 0.29) is 0 Å². The van der Waals surface area contributed by atoms with Crippen LogP contribution in [0.4, 0.5) is 0 Å². The lowest BCUT2D eigenvalue weighted by Gasteiger charge is -2.30. The van der Waals surface area contributed by atoms with E-state index in [1.807, 2.05) is 24.3 Å². The maximum Gasteiger partial charge on any atom is 0.119 e. The van der Waals surface area contributed by atoms with Crippen LogP contribution in [0.5, 0.6) is 5.75 Å². The summed E-state index contributed by atoms with van der Waals surface area (Å²) in [5.41, 5.74) is 6.72. The van der Waals surface area contributed by atoms with Crippen molar-refractivity contribution >= 4 is 0 Å². The fourth-order valence-corrected chi connectivity index (χ4v) is 2.42. The molecule has 0 radical (unpaired) electrons. The molecule has 19 heavy (non-hydrogen) atoms. The normalized spacial score (nSPS) is 17.6. The average Bonchev–Trinajstić information content (AvgIpc) is 2.48. The summed E-state index contributed by atoms with van der Waals surface area (Å²) in [6.07, 6.45) is 2.69. The smallest absolute Gasteiger partial charge is 0.119 e. The van der Waals surface area contributed by atoms with Gasteiger partial charge in [0.1, 0.15) is 12.4 Å². The molecule has 4 nitrogen and oxygen atoms in total. The highest BCUT2D eigenvalue weighted by Gasteiger charge is 2.18. The molecule has 106 valence electrons. The highest BCUT2D eigenvalue weighted by atomic mass is 16.5.